The predicted molar refractivity (Wildman–Crippen MR) is 135 cm³/mol. The number of allylic oxidation sites excluding steroid dienone is 1. The van der Waals surface area contributed by atoms with Crippen molar-refractivity contribution >= 4 is 35.5 Å². The summed E-state index contributed by atoms with van der Waals surface area (Å²) in [5.74, 6) is -1.26. The number of thioether (sulfide) groups is 1. The number of amides is 2. The van der Waals surface area contributed by atoms with Crippen molar-refractivity contribution in [1.82, 2.24) is 10.2 Å². The van der Waals surface area contributed by atoms with Crippen LogP contribution < -0.4 is 10.1 Å². The van der Waals surface area contributed by atoms with Gasteiger partial charge in [0, 0.05) is 11.8 Å². The zero-order valence-electron chi connectivity index (χ0n) is 21.3. The lowest BCUT2D eigenvalue weighted by atomic mass is 10.0. The fourth-order valence-electron chi connectivity index (χ4n) is 3.47. The molecule has 2 atom stereocenters. The van der Waals surface area contributed by atoms with Crippen LogP contribution in [0.2, 0.25) is 0 Å². The van der Waals surface area contributed by atoms with Gasteiger partial charge in [0.1, 0.15) is 34.1 Å². The molecule has 1 aromatic rings. The summed E-state index contributed by atoms with van der Waals surface area (Å²) >= 11 is 1.37. The summed E-state index contributed by atoms with van der Waals surface area (Å²) in [5.41, 5.74) is -0.939. The van der Waals surface area contributed by atoms with Crippen molar-refractivity contribution < 1.29 is 33.4 Å². The second kappa shape index (κ2) is 10.8. The van der Waals surface area contributed by atoms with Crippen LogP contribution in [0.4, 0.5) is 0 Å². The molecule has 1 aromatic carbocycles. The van der Waals surface area contributed by atoms with Crippen molar-refractivity contribution in [2.75, 3.05) is 12.4 Å². The molecule has 0 aromatic heterocycles. The molecule has 0 radical (unpaired) electrons. The van der Waals surface area contributed by atoms with Gasteiger partial charge in [-0.25, -0.2) is 9.59 Å². The number of benzene rings is 1. The molecule has 1 N–H and O–H groups in total. The fourth-order valence-corrected chi connectivity index (χ4v) is 4.79. The Morgan fingerprint density at radius 2 is 1.69 bits per heavy atom. The summed E-state index contributed by atoms with van der Waals surface area (Å²) in [5, 5.41) is 2.20. The van der Waals surface area contributed by atoms with Crippen LogP contribution >= 0.6 is 11.8 Å². The van der Waals surface area contributed by atoms with E-state index in [1.165, 1.54) is 28.8 Å². The van der Waals surface area contributed by atoms with E-state index in [0.717, 1.165) is 0 Å². The quantitative estimate of drug-likeness (QED) is 0.335. The number of β-lactam (4-membered cyclic amide) rings is 1. The third-order valence-electron chi connectivity index (χ3n) is 4.85. The van der Waals surface area contributed by atoms with Crippen LogP contribution in [-0.2, 0) is 28.7 Å². The molecule has 1 fully saturated rings. The predicted octanol–water partition coefficient (Wildman–Crippen LogP) is 2.96. The summed E-state index contributed by atoms with van der Waals surface area (Å²) in [6, 6.07) is 8.06. The van der Waals surface area contributed by atoms with Crippen molar-refractivity contribution in [2.45, 2.75) is 64.2 Å². The van der Waals surface area contributed by atoms with Gasteiger partial charge in [0.05, 0.1) is 0 Å². The Labute approximate surface area is 215 Å². The maximum Gasteiger partial charge on any atom is 0.355 e. The highest BCUT2D eigenvalue weighted by Crippen LogP contribution is 2.41. The van der Waals surface area contributed by atoms with Gasteiger partial charge in [0.25, 0.3) is 11.8 Å². The molecule has 0 aliphatic carbocycles. The van der Waals surface area contributed by atoms with E-state index in [-0.39, 0.29) is 12.3 Å². The van der Waals surface area contributed by atoms with Crippen LogP contribution in [0, 0.1) is 0 Å². The molecular formula is C26H32N2O7S. The summed E-state index contributed by atoms with van der Waals surface area (Å²) in [7, 11) is 0. The largest absolute Gasteiger partial charge is 0.484 e. The zero-order chi connectivity index (χ0) is 26.7. The van der Waals surface area contributed by atoms with Crippen LogP contribution in [0.15, 0.2) is 53.8 Å². The molecule has 36 heavy (non-hydrogen) atoms. The molecule has 1 saturated heterocycles. The van der Waals surface area contributed by atoms with Crippen molar-refractivity contribution in [2.24, 2.45) is 0 Å². The number of hydrogen-bond acceptors (Lipinski definition) is 8. The highest BCUT2D eigenvalue weighted by atomic mass is 32.2. The topological polar surface area (TPSA) is 111 Å². The third kappa shape index (κ3) is 7.13. The molecule has 0 spiro atoms. The normalized spacial score (nSPS) is 19.9. The van der Waals surface area contributed by atoms with Crippen molar-refractivity contribution in [1.29, 1.82) is 0 Å². The van der Waals surface area contributed by atoms with E-state index in [1.807, 2.05) is 6.07 Å². The van der Waals surface area contributed by atoms with E-state index >= 15 is 0 Å². The Morgan fingerprint density at radius 3 is 2.31 bits per heavy atom. The standard InChI is InChI=1S/C26H32N2O7S/c1-25(2,3)34-19(30)13-12-16-15-36-23-20(27-18(29)14-33-17-10-8-7-9-11-17)22(31)28(23)21(16)24(32)35-26(4,5)6/h7-13,20,23H,14-15H2,1-6H3,(H,27,29)/t20?,23-/m0/s1. The second-order valence-electron chi connectivity index (χ2n) is 10.3. The molecule has 2 aliphatic heterocycles. The van der Waals surface area contributed by atoms with E-state index in [0.29, 0.717) is 17.1 Å². The number of nitrogens with zero attached hydrogens (tertiary/aromatic N) is 1. The number of nitrogens with one attached hydrogen (secondary N) is 1. The molecule has 0 bridgehead atoms. The summed E-state index contributed by atoms with van der Waals surface area (Å²) in [6.45, 7) is 10.2. The molecule has 2 aliphatic rings. The molecule has 1 unspecified atom stereocenters. The van der Waals surface area contributed by atoms with Crippen LogP contribution in [0.1, 0.15) is 41.5 Å². The number of hydrogen-bond donors (Lipinski definition) is 1. The average molecular weight is 517 g/mol. The number of carbonyl (C=O) groups excluding carboxylic acids is 4. The molecule has 194 valence electrons. The minimum absolute atomic E-state index is 0.0597. The first-order valence-corrected chi connectivity index (χ1v) is 12.6. The Balaban J connectivity index is 1.75. The maximum absolute atomic E-state index is 13.1. The molecular weight excluding hydrogens is 484 g/mol. The van der Waals surface area contributed by atoms with Crippen LogP contribution in [-0.4, -0.2) is 63.6 Å². The van der Waals surface area contributed by atoms with Crippen LogP contribution in [0.5, 0.6) is 5.75 Å². The minimum Gasteiger partial charge on any atom is -0.484 e. The van der Waals surface area contributed by atoms with Gasteiger partial charge in [-0.15, -0.1) is 11.8 Å². The number of para-hydroxylation sites is 1. The fraction of sp³-hybridized carbons (Fsp3) is 0.462. The summed E-state index contributed by atoms with van der Waals surface area (Å²) in [4.78, 5) is 52.0. The van der Waals surface area contributed by atoms with Gasteiger partial charge in [0.15, 0.2) is 6.61 Å². The second-order valence-corrected chi connectivity index (χ2v) is 11.4. The molecule has 0 saturated carbocycles. The van der Waals surface area contributed by atoms with E-state index < -0.39 is 46.4 Å². The Morgan fingerprint density at radius 1 is 1.06 bits per heavy atom. The minimum atomic E-state index is -0.810. The lowest BCUT2D eigenvalue weighted by molar-refractivity contribution is -0.159. The van der Waals surface area contributed by atoms with E-state index in [4.69, 9.17) is 14.2 Å². The average Bonchev–Trinajstić information content (AvgIpc) is 2.77. The number of ether oxygens (including phenoxy) is 3. The number of fused-ring (bicyclic) bond motifs is 1. The van der Waals surface area contributed by atoms with Crippen LogP contribution in [0.3, 0.4) is 0 Å². The first kappa shape index (κ1) is 27.3. The van der Waals surface area contributed by atoms with Crippen molar-refractivity contribution in [3.05, 3.63) is 53.8 Å². The monoisotopic (exact) mass is 516 g/mol. The molecule has 10 heteroatoms. The number of esters is 2. The smallest absolute Gasteiger partial charge is 0.355 e. The highest BCUT2D eigenvalue weighted by molar-refractivity contribution is 8.00. The molecule has 9 nitrogen and oxygen atoms in total. The highest BCUT2D eigenvalue weighted by Gasteiger charge is 2.54. The van der Waals surface area contributed by atoms with Gasteiger partial charge in [-0.2, -0.15) is 0 Å². The van der Waals surface area contributed by atoms with E-state index in [9.17, 15) is 19.2 Å². The Bertz CT molecular complexity index is 1080. The SMILES string of the molecule is CC(C)(C)OC(=O)C=CC1=C(C(=O)OC(C)(C)C)N2C(=O)C(NC(=O)COc3ccccc3)[C@@H]2SC1. The zero-order valence-corrected chi connectivity index (χ0v) is 22.1. The van der Waals surface area contributed by atoms with Crippen molar-refractivity contribution in [3.63, 3.8) is 0 Å². The Hall–Kier alpha value is -3.27. The van der Waals surface area contributed by atoms with E-state index in [1.54, 1.807) is 65.8 Å². The van der Waals surface area contributed by atoms with Gasteiger partial charge < -0.3 is 19.5 Å². The first-order valence-electron chi connectivity index (χ1n) is 11.5. The number of carbonyl (C=O) groups is 4. The molecule has 2 amide bonds. The molecule has 2 heterocycles. The van der Waals surface area contributed by atoms with Gasteiger partial charge >= 0.3 is 11.9 Å². The van der Waals surface area contributed by atoms with Gasteiger partial charge in [-0.3, -0.25) is 14.5 Å². The lowest BCUT2D eigenvalue weighted by Crippen LogP contribution is -2.71. The van der Waals surface area contributed by atoms with Gasteiger partial charge in [-0.05, 0) is 65.3 Å². The third-order valence-corrected chi connectivity index (χ3v) is 6.15. The maximum atomic E-state index is 13.1. The van der Waals surface area contributed by atoms with Gasteiger partial charge in [0.2, 0.25) is 0 Å². The van der Waals surface area contributed by atoms with Crippen LogP contribution in [0.25, 0.3) is 0 Å². The molecule has 3 rings (SSSR count). The first-order chi connectivity index (χ1) is 16.7. The lowest BCUT2D eigenvalue weighted by Gasteiger charge is -2.49. The van der Waals surface area contributed by atoms with E-state index in [2.05, 4.69) is 5.32 Å². The van der Waals surface area contributed by atoms with Crippen molar-refractivity contribution in [3.8, 4) is 5.75 Å². The number of rotatable bonds is 7. The summed E-state index contributed by atoms with van der Waals surface area (Å²) < 4.78 is 16.3. The van der Waals surface area contributed by atoms with Gasteiger partial charge in [-0.1, -0.05) is 18.2 Å². The summed E-state index contributed by atoms with van der Waals surface area (Å²) in [6.07, 6.45) is 2.71. The Kier molecular flexibility index (Phi) is 8.18.